The summed E-state index contributed by atoms with van der Waals surface area (Å²) in [6, 6.07) is 10.6. The largest absolute Gasteiger partial charge is 0.480 e. The Hall–Kier alpha value is -3.98. The van der Waals surface area contributed by atoms with Crippen molar-refractivity contribution < 1.29 is 19.0 Å². The van der Waals surface area contributed by atoms with E-state index >= 15 is 0 Å². The highest BCUT2D eigenvalue weighted by Crippen LogP contribution is 2.47. The number of aromatic amines is 1. The molecule has 1 aliphatic heterocycles. The van der Waals surface area contributed by atoms with E-state index in [0.29, 0.717) is 13.2 Å². The summed E-state index contributed by atoms with van der Waals surface area (Å²) in [6.07, 6.45) is 6.10. The number of benzene rings is 2. The van der Waals surface area contributed by atoms with Crippen LogP contribution in [0, 0.1) is 5.82 Å². The van der Waals surface area contributed by atoms with Gasteiger partial charge in [-0.15, -0.1) is 0 Å². The first-order chi connectivity index (χ1) is 16.5. The van der Waals surface area contributed by atoms with E-state index in [4.69, 9.17) is 4.74 Å². The Morgan fingerprint density at radius 2 is 2.03 bits per heavy atom. The van der Waals surface area contributed by atoms with Crippen molar-refractivity contribution in [2.75, 3.05) is 13.2 Å². The summed E-state index contributed by atoms with van der Waals surface area (Å²) in [4.78, 5) is 11.3. The van der Waals surface area contributed by atoms with Gasteiger partial charge in [-0.05, 0) is 42.8 Å². The Balaban J connectivity index is 1.73. The van der Waals surface area contributed by atoms with Crippen molar-refractivity contribution in [2.24, 2.45) is 0 Å². The molecule has 0 radical (unpaired) electrons. The molecule has 0 aliphatic carbocycles. The molecule has 1 saturated heterocycles. The lowest BCUT2D eigenvalue weighted by molar-refractivity contribution is -0.137. The van der Waals surface area contributed by atoms with Gasteiger partial charge >= 0.3 is 5.97 Å². The first kappa shape index (κ1) is 20.6. The second-order valence-electron chi connectivity index (χ2n) is 8.81. The van der Waals surface area contributed by atoms with Crippen LogP contribution in [0.1, 0.15) is 19.0 Å². The van der Waals surface area contributed by atoms with Gasteiger partial charge in [-0.3, -0.25) is 14.6 Å². The number of fused-ring (bicyclic) bond motifs is 2. The number of hydrogen-bond acceptors (Lipinski definition) is 4. The zero-order valence-corrected chi connectivity index (χ0v) is 18.5. The van der Waals surface area contributed by atoms with Crippen LogP contribution in [0.3, 0.4) is 0 Å². The number of carboxylic acid groups (broad SMARTS) is 1. The monoisotopic (exact) mass is 459 g/mol. The summed E-state index contributed by atoms with van der Waals surface area (Å²) in [7, 11) is 0. The first-order valence-corrected chi connectivity index (χ1v) is 11.1. The number of nitrogens with one attached hydrogen (secondary N) is 1. The minimum atomic E-state index is -0.958. The van der Waals surface area contributed by atoms with E-state index in [1.807, 2.05) is 0 Å². The molecule has 4 heterocycles. The minimum Gasteiger partial charge on any atom is -0.480 e. The fourth-order valence-electron chi connectivity index (χ4n) is 4.95. The number of aromatic nitrogens is 5. The minimum absolute atomic E-state index is 0.223. The molecular formula is C25H22FN5O3. The van der Waals surface area contributed by atoms with Gasteiger partial charge in [0.25, 0.3) is 0 Å². The van der Waals surface area contributed by atoms with Crippen LogP contribution in [0.4, 0.5) is 4.39 Å². The van der Waals surface area contributed by atoms with Crippen LogP contribution >= 0.6 is 0 Å². The smallest absolute Gasteiger partial charge is 0.325 e. The molecule has 1 aliphatic rings. The first-order valence-electron chi connectivity index (χ1n) is 11.1. The lowest BCUT2D eigenvalue weighted by atomic mass is 9.77. The summed E-state index contributed by atoms with van der Waals surface area (Å²) >= 11 is 0. The molecule has 5 aromatic rings. The number of carbonyl (C=O) groups is 1. The molecule has 0 unspecified atom stereocenters. The van der Waals surface area contributed by atoms with Gasteiger partial charge in [0.2, 0.25) is 0 Å². The van der Waals surface area contributed by atoms with Gasteiger partial charge in [0.15, 0.2) is 0 Å². The van der Waals surface area contributed by atoms with Crippen LogP contribution in [-0.2, 0) is 21.5 Å². The van der Waals surface area contributed by atoms with E-state index in [1.54, 1.807) is 30.7 Å². The predicted molar refractivity (Wildman–Crippen MR) is 125 cm³/mol. The summed E-state index contributed by atoms with van der Waals surface area (Å²) < 4.78 is 23.2. The van der Waals surface area contributed by atoms with Crippen LogP contribution in [0.5, 0.6) is 0 Å². The van der Waals surface area contributed by atoms with E-state index < -0.39 is 5.97 Å². The van der Waals surface area contributed by atoms with Gasteiger partial charge in [0.1, 0.15) is 12.4 Å². The van der Waals surface area contributed by atoms with Crippen LogP contribution in [-0.4, -0.2) is 48.8 Å². The Morgan fingerprint density at radius 1 is 1.24 bits per heavy atom. The topological polar surface area (TPSA) is 98.0 Å². The number of aliphatic carboxylic acids is 1. The molecule has 2 aromatic carbocycles. The van der Waals surface area contributed by atoms with E-state index in [0.717, 1.165) is 50.7 Å². The van der Waals surface area contributed by atoms with Crippen molar-refractivity contribution in [3.05, 3.63) is 66.5 Å². The molecule has 172 valence electrons. The van der Waals surface area contributed by atoms with Gasteiger partial charge in [0, 0.05) is 39.5 Å². The number of nitrogens with zero attached hydrogens (tertiary/aromatic N) is 4. The van der Waals surface area contributed by atoms with Crippen LogP contribution in [0.2, 0.25) is 0 Å². The lowest BCUT2D eigenvalue weighted by Crippen LogP contribution is -2.47. The number of ether oxygens (including phenoxy) is 1. The zero-order chi connectivity index (χ0) is 23.4. The van der Waals surface area contributed by atoms with Gasteiger partial charge in [-0.2, -0.15) is 10.2 Å². The highest BCUT2D eigenvalue weighted by Gasteiger charge is 2.44. The third-order valence-corrected chi connectivity index (χ3v) is 6.77. The third kappa shape index (κ3) is 3.04. The van der Waals surface area contributed by atoms with E-state index in [2.05, 4.69) is 38.9 Å². The molecule has 0 spiro atoms. The Labute approximate surface area is 193 Å². The Bertz CT molecular complexity index is 1540. The van der Waals surface area contributed by atoms with Crippen LogP contribution in [0.25, 0.3) is 38.6 Å². The molecule has 0 bridgehead atoms. The summed E-state index contributed by atoms with van der Waals surface area (Å²) in [5.41, 5.74) is 5.29. The number of hydrogen-bond donors (Lipinski definition) is 2. The number of rotatable bonds is 6. The maximum absolute atomic E-state index is 13.8. The normalized spacial score (nSPS) is 15.1. The molecular weight excluding hydrogens is 437 g/mol. The standard InChI is InChI=1S/C25H22FN5O3/c1-2-25(13-34-14-25)24-23(16-10-28-30(11-16)12-22(32)33)19-8-20-15(9-27-29-20)7-21(19)31(24)18-5-3-17(26)4-6-18/h3-11H,2,12-14H2,1H3,(H,27,29)(H,32,33). The van der Waals surface area contributed by atoms with Gasteiger partial charge in [0.05, 0.1) is 42.1 Å². The third-order valence-electron chi connectivity index (χ3n) is 6.77. The van der Waals surface area contributed by atoms with Crippen molar-refractivity contribution in [3.8, 4) is 16.8 Å². The summed E-state index contributed by atoms with van der Waals surface area (Å²) in [5.74, 6) is -1.26. The molecule has 9 heteroatoms. The number of H-pyrrole nitrogens is 1. The van der Waals surface area contributed by atoms with E-state index in [9.17, 15) is 14.3 Å². The van der Waals surface area contributed by atoms with Crippen LogP contribution < -0.4 is 0 Å². The van der Waals surface area contributed by atoms with Crippen molar-refractivity contribution in [1.82, 2.24) is 24.5 Å². The van der Waals surface area contributed by atoms with E-state index in [-0.39, 0.29) is 17.8 Å². The fourth-order valence-corrected chi connectivity index (χ4v) is 4.95. The molecule has 0 atom stereocenters. The average Bonchev–Trinajstić information content (AvgIpc) is 3.50. The van der Waals surface area contributed by atoms with Crippen LogP contribution in [0.15, 0.2) is 55.0 Å². The second-order valence-corrected chi connectivity index (χ2v) is 8.81. The quantitative estimate of drug-likeness (QED) is 0.395. The second kappa shape index (κ2) is 7.53. The van der Waals surface area contributed by atoms with Crippen molar-refractivity contribution >= 4 is 27.8 Å². The highest BCUT2D eigenvalue weighted by molar-refractivity contribution is 6.05. The van der Waals surface area contributed by atoms with E-state index in [1.165, 1.54) is 16.8 Å². The molecule has 34 heavy (non-hydrogen) atoms. The van der Waals surface area contributed by atoms with Gasteiger partial charge < -0.3 is 14.4 Å². The van der Waals surface area contributed by atoms with Crippen molar-refractivity contribution in [3.63, 3.8) is 0 Å². The average molecular weight is 459 g/mol. The fraction of sp³-hybridized carbons (Fsp3) is 0.240. The molecule has 0 saturated carbocycles. The molecule has 2 N–H and O–H groups in total. The summed E-state index contributed by atoms with van der Waals surface area (Å²) in [6.45, 7) is 3.05. The maximum Gasteiger partial charge on any atom is 0.325 e. The summed E-state index contributed by atoms with van der Waals surface area (Å²) in [5, 5.41) is 22.7. The molecule has 3 aromatic heterocycles. The molecule has 0 amide bonds. The molecule has 1 fully saturated rings. The highest BCUT2D eigenvalue weighted by atomic mass is 19.1. The molecule has 8 nitrogen and oxygen atoms in total. The van der Waals surface area contributed by atoms with Crippen molar-refractivity contribution in [2.45, 2.75) is 25.3 Å². The Kier molecular flexibility index (Phi) is 4.56. The Morgan fingerprint density at radius 3 is 2.71 bits per heavy atom. The number of halogens is 1. The lowest BCUT2D eigenvalue weighted by Gasteiger charge is -2.42. The maximum atomic E-state index is 13.8. The SMILES string of the molecule is CCC1(c2c(-c3cnn(CC(=O)O)c3)c3cc4[nH]ncc4cc3n2-c2ccc(F)cc2)COC1. The zero-order valence-electron chi connectivity index (χ0n) is 18.5. The molecule has 6 rings (SSSR count). The van der Waals surface area contributed by atoms with Gasteiger partial charge in [-0.25, -0.2) is 4.39 Å². The van der Waals surface area contributed by atoms with Crippen molar-refractivity contribution in [1.29, 1.82) is 0 Å². The predicted octanol–water partition coefficient (Wildman–Crippen LogP) is 4.27. The van der Waals surface area contributed by atoms with Gasteiger partial charge in [-0.1, -0.05) is 6.92 Å². The number of carboxylic acids is 1.